The number of nitrogens with two attached hydrogens (primary N) is 1. The third-order valence-corrected chi connectivity index (χ3v) is 2.83. The van der Waals surface area contributed by atoms with E-state index < -0.39 is 30.3 Å². The van der Waals surface area contributed by atoms with Crippen molar-refractivity contribution in [1.29, 1.82) is 0 Å². The lowest BCUT2D eigenvalue weighted by Gasteiger charge is -2.05. The lowest BCUT2D eigenvalue weighted by Crippen LogP contribution is -2.37. The number of alkyl halides is 6. The number of H-pyrrole nitrogens is 1. The highest BCUT2D eigenvalue weighted by Gasteiger charge is 2.38. The molecule has 2 aromatic rings. The van der Waals surface area contributed by atoms with Gasteiger partial charge < -0.3 is 26.2 Å². The number of pyridine rings is 1. The topological polar surface area (TPSA) is 158 Å². The number of carboxylic acids is 2. The lowest BCUT2D eigenvalue weighted by molar-refractivity contribution is -0.193. The molecule has 2 heterocycles. The van der Waals surface area contributed by atoms with E-state index in [0.29, 0.717) is 6.54 Å². The zero-order valence-electron chi connectivity index (χ0n) is 15.0. The van der Waals surface area contributed by atoms with Crippen LogP contribution >= 0.6 is 0 Å². The monoisotopic (exact) mass is 446 g/mol. The van der Waals surface area contributed by atoms with Gasteiger partial charge in [0.05, 0.1) is 12.6 Å². The molecule has 0 radical (unpaired) electrons. The van der Waals surface area contributed by atoms with Gasteiger partial charge in [0.2, 0.25) is 5.91 Å². The van der Waals surface area contributed by atoms with Crippen LogP contribution in [0, 0.1) is 0 Å². The first-order valence-electron chi connectivity index (χ1n) is 7.60. The van der Waals surface area contributed by atoms with Gasteiger partial charge in [-0.25, -0.2) is 9.59 Å². The van der Waals surface area contributed by atoms with Crippen LogP contribution in [-0.2, 0) is 20.9 Å². The van der Waals surface area contributed by atoms with Gasteiger partial charge in [0.25, 0.3) is 0 Å². The molecule has 168 valence electrons. The van der Waals surface area contributed by atoms with Gasteiger partial charge in [-0.1, -0.05) is 0 Å². The Morgan fingerprint density at radius 3 is 1.97 bits per heavy atom. The molecule has 1 unspecified atom stereocenters. The zero-order valence-corrected chi connectivity index (χ0v) is 15.0. The van der Waals surface area contributed by atoms with Crippen LogP contribution < -0.4 is 11.1 Å². The van der Waals surface area contributed by atoms with E-state index in [4.69, 9.17) is 25.5 Å². The molecule has 0 spiro atoms. The molecule has 0 saturated heterocycles. The van der Waals surface area contributed by atoms with Gasteiger partial charge in [-0.05, 0) is 19.1 Å². The highest BCUT2D eigenvalue weighted by molar-refractivity contribution is 5.82. The van der Waals surface area contributed by atoms with E-state index in [9.17, 15) is 31.1 Å². The van der Waals surface area contributed by atoms with Crippen molar-refractivity contribution in [3.63, 3.8) is 0 Å². The molecule has 0 fully saturated rings. The summed E-state index contributed by atoms with van der Waals surface area (Å²) < 4.78 is 63.5. The average Bonchev–Trinajstić information content (AvgIpc) is 3.01. The van der Waals surface area contributed by atoms with Gasteiger partial charge in [-0.2, -0.15) is 26.3 Å². The standard InChI is InChI=1S/C11H14N4O.2C2HF3O2/c1-7(12)11(16)14-6-9-4-8-5-13-3-2-10(8)15-9;2*3-2(4,5)1(6)7/h2-5,7,15H,6,12H2,1H3,(H,14,16);2*(H,6,7). The molecule has 0 saturated carbocycles. The van der Waals surface area contributed by atoms with Crippen LogP contribution in [0.4, 0.5) is 26.3 Å². The molecule has 2 rings (SSSR count). The van der Waals surface area contributed by atoms with Crippen molar-refractivity contribution in [2.75, 3.05) is 0 Å². The van der Waals surface area contributed by atoms with Crippen LogP contribution in [0.2, 0.25) is 0 Å². The zero-order chi connectivity index (χ0) is 23.7. The van der Waals surface area contributed by atoms with Gasteiger partial charge in [0, 0.05) is 29.0 Å². The van der Waals surface area contributed by atoms with E-state index in [1.807, 2.05) is 12.1 Å². The quantitative estimate of drug-likeness (QED) is 0.450. The fraction of sp³-hybridized carbons (Fsp3) is 0.333. The van der Waals surface area contributed by atoms with Gasteiger partial charge in [-0.15, -0.1) is 0 Å². The Morgan fingerprint density at radius 2 is 1.60 bits per heavy atom. The van der Waals surface area contributed by atoms with Crippen molar-refractivity contribution in [3.05, 3.63) is 30.2 Å². The molecular weight excluding hydrogens is 430 g/mol. The highest BCUT2D eigenvalue weighted by Crippen LogP contribution is 2.14. The predicted molar refractivity (Wildman–Crippen MR) is 89.0 cm³/mol. The number of carbonyl (C=O) groups excluding carboxylic acids is 1. The Bertz CT molecular complexity index is 806. The number of carbonyl (C=O) groups is 3. The highest BCUT2D eigenvalue weighted by atomic mass is 19.4. The molecule has 6 N–H and O–H groups in total. The lowest BCUT2D eigenvalue weighted by atomic mass is 10.3. The average molecular weight is 446 g/mol. The number of halogens is 6. The number of nitrogens with zero attached hydrogens (tertiary/aromatic N) is 1. The number of hydrogen-bond donors (Lipinski definition) is 5. The van der Waals surface area contributed by atoms with E-state index in [2.05, 4.69) is 15.3 Å². The number of aromatic amines is 1. The van der Waals surface area contributed by atoms with E-state index in [-0.39, 0.29) is 5.91 Å². The second-order valence-electron chi connectivity index (χ2n) is 5.37. The summed E-state index contributed by atoms with van der Waals surface area (Å²) in [7, 11) is 0. The first kappa shape index (κ1) is 26.6. The predicted octanol–water partition coefficient (Wildman–Crippen LogP) is 1.79. The van der Waals surface area contributed by atoms with Crippen molar-refractivity contribution >= 4 is 28.7 Å². The fourth-order valence-electron chi connectivity index (χ4n) is 1.47. The Hall–Kier alpha value is -3.36. The second kappa shape index (κ2) is 11.0. The number of fused-ring (bicyclic) bond motifs is 1. The maximum atomic E-state index is 11.3. The molecule has 15 heteroatoms. The van der Waals surface area contributed by atoms with Crippen molar-refractivity contribution in [2.45, 2.75) is 31.9 Å². The van der Waals surface area contributed by atoms with Crippen LogP contribution in [0.1, 0.15) is 12.6 Å². The van der Waals surface area contributed by atoms with Crippen molar-refractivity contribution < 1.29 is 50.9 Å². The van der Waals surface area contributed by atoms with E-state index in [1.54, 1.807) is 19.3 Å². The number of aliphatic carboxylic acids is 2. The van der Waals surface area contributed by atoms with Crippen LogP contribution in [-0.4, -0.2) is 56.4 Å². The second-order valence-corrected chi connectivity index (χ2v) is 5.37. The number of amides is 1. The molecular formula is C15H16F6N4O5. The minimum atomic E-state index is -5.08. The molecule has 0 bridgehead atoms. The van der Waals surface area contributed by atoms with E-state index in [1.165, 1.54) is 0 Å². The van der Waals surface area contributed by atoms with Gasteiger partial charge in [0.15, 0.2) is 0 Å². The third-order valence-electron chi connectivity index (χ3n) is 2.83. The summed E-state index contributed by atoms with van der Waals surface area (Å²) in [5.41, 5.74) is 7.40. The van der Waals surface area contributed by atoms with Crippen LogP contribution in [0.15, 0.2) is 24.5 Å². The van der Waals surface area contributed by atoms with Crippen molar-refractivity contribution in [3.8, 4) is 0 Å². The molecule has 2 aromatic heterocycles. The summed E-state index contributed by atoms with van der Waals surface area (Å²) >= 11 is 0. The smallest absolute Gasteiger partial charge is 0.475 e. The first-order valence-corrected chi connectivity index (χ1v) is 7.60. The van der Waals surface area contributed by atoms with Gasteiger partial charge in [0.1, 0.15) is 0 Å². The van der Waals surface area contributed by atoms with Crippen molar-refractivity contribution in [1.82, 2.24) is 15.3 Å². The van der Waals surface area contributed by atoms with E-state index >= 15 is 0 Å². The Morgan fingerprint density at radius 1 is 1.13 bits per heavy atom. The molecule has 0 aromatic carbocycles. The summed E-state index contributed by atoms with van der Waals surface area (Å²) in [6, 6.07) is 3.38. The Balaban J connectivity index is 0.000000503. The van der Waals surface area contributed by atoms with Crippen LogP contribution in [0.5, 0.6) is 0 Å². The van der Waals surface area contributed by atoms with Crippen LogP contribution in [0.3, 0.4) is 0 Å². The number of rotatable bonds is 3. The fourth-order valence-corrected chi connectivity index (χ4v) is 1.47. The summed E-state index contributed by atoms with van der Waals surface area (Å²) in [6.07, 6.45) is -6.66. The summed E-state index contributed by atoms with van der Waals surface area (Å²) in [5, 5.41) is 18.0. The van der Waals surface area contributed by atoms with Crippen LogP contribution in [0.25, 0.3) is 10.9 Å². The summed E-state index contributed by atoms with van der Waals surface area (Å²) in [5.74, 6) is -5.67. The Kier molecular flexibility index (Phi) is 9.76. The SMILES string of the molecule is CC(N)C(=O)NCc1cc2cnccc2[nH]1.O=C(O)C(F)(F)F.O=C(O)C(F)(F)F. The molecule has 30 heavy (non-hydrogen) atoms. The summed E-state index contributed by atoms with van der Waals surface area (Å²) in [6.45, 7) is 2.11. The molecule has 0 aliphatic rings. The van der Waals surface area contributed by atoms with E-state index in [0.717, 1.165) is 16.6 Å². The number of aromatic nitrogens is 2. The van der Waals surface area contributed by atoms with Gasteiger partial charge >= 0.3 is 24.3 Å². The molecule has 1 atom stereocenters. The third kappa shape index (κ3) is 10.3. The normalized spacial score (nSPS) is 12.0. The number of nitrogens with one attached hydrogen (secondary N) is 2. The first-order chi connectivity index (χ1) is 13.6. The minimum Gasteiger partial charge on any atom is -0.475 e. The Labute approximate surface area is 163 Å². The molecule has 9 nitrogen and oxygen atoms in total. The molecule has 0 aliphatic carbocycles. The maximum Gasteiger partial charge on any atom is 0.490 e. The number of carboxylic acid groups (broad SMARTS) is 2. The molecule has 1 amide bonds. The summed E-state index contributed by atoms with van der Waals surface area (Å²) in [4.78, 5) is 36.3. The van der Waals surface area contributed by atoms with Gasteiger partial charge in [-0.3, -0.25) is 9.78 Å². The maximum absolute atomic E-state index is 11.3. The molecule has 0 aliphatic heterocycles. The number of hydrogen-bond acceptors (Lipinski definition) is 5. The largest absolute Gasteiger partial charge is 0.490 e. The minimum absolute atomic E-state index is 0.156. The van der Waals surface area contributed by atoms with Crippen molar-refractivity contribution in [2.24, 2.45) is 5.73 Å².